The lowest BCUT2D eigenvalue weighted by Gasteiger charge is -2.12. The summed E-state index contributed by atoms with van der Waals surface area (Å²) in [5, 5.41) is 17.7. The van der Waals surface area contributed by atoms with Crippen LogP contribution in [-0.2, 0) is 0 Å². The van der Waals surface area contributed by atoms with Gasteiger partial charge in [-0.2, -0.15) is 0 Å². The van der Waals surface area contributed by atoms with Crippen molar-refractivity contribution in [3.63, 3.8) is 0 Å². The van der Waals surface area contributed by atoms with Gasteiger partial charge in [0.15, 0.2) is 0 Å². The first-order valence-electron chi connectivity index (χ1n) is 4.62. The number of aryl methyl sites for hydroxylation is 2. The fraction of sp³-hybridized carbons (Fsp3) is 0.455. The summed E-state index contributed by atoms with van der Waals surface area (Å²) < 4.78 is 5.33. The molecule has 0 radical (unpaired) electrons. The van der Waals surface area contributed by atoms with E-state index in [0.29, 0.717) is 0 Å². The molecule has 0 fully saturated rings. The van der Waals surface area contributed by atoms with Crippen LogP contribution in [0.3, 0.4) is 0 Å². The van der Waals surface area contributed by atoms with Crippen LogP contribution in [-0.4, -0.2) is 29.5 Å². The van der Waals surface area contributed by atoms with Crippen LogP contribution >= 0.6 is 0 Å². The van der Waals surface area contributed by atoms with Crippen LogP contribution in [0.5, 0.6) is 5.75 Å². The van der Waals surface area contributed by atoms with Gasteiger partial charge in [0, 0.05) is 0 Å². The zero-order valence-corrected chi connectivity index (χ0v) is 8.53. The first-order valence-corrected chi connectivity index (χ1v) is 4.62. The Hall–Kier alpha value is -1.06. The number of ether oxygens (including phenoxy) is 1. The number of aliphatic hydroxyl groups is 2. The van der Waals surface area contributed by atoms with Gasteiger partial charge in [-0.1, -0.05) is 17.7 Å². The van der Waals surface area contributed by atoms with Gasteiger partial charge in [-0.15, -0.1) is 0 Å². The molecular formula is C11H16O3. The highest BCUT2D eigenvalue weighted by molar-refractivity contribution is 5.35. The van der Waals surface area contributed by atoms with Gasteiger partial charge in [0.05, 0.1) is 6.61 Å². The highest BCUT2D eigenvalue weighted by Crippen LogP contribution is 2.18. The maximum absolute atomic E-state index is 9.09. The molecule has 0 aliphatic carbocycles. The molecule has 0 aliphatic heterocycles. The van der Waals surface area contributed by atoms with Crippen LogP contribution < -0.4 is 4.74 Å². The molecule has 0 aromatic heterocycles. The van der Waals surface area contributed by atoms with E-state index in [2.05, 4.69) is 0 Å². The van der Waals surface area contributed by atoms with E-state index in [1.165, 1.54) is 5.56 Å². The van der Waals surface area contributed by atoms with Crippen LogP contribution in [0.15, 0.2) is 18.2 Å². The Kier molecular flexibility index (Phi) is 3.92. The van der Waals surface area contributed by atoms with E-state index in [1.807, 2.05) is 32.0 Å². The molecule has 3 nitrogen and oxygen atoms in total. The van der Waals surface area contributed by atoms with E-state index < -0.39 is 6.10 Å². The monoisotopic (exact) mass is 196 g/mol. The molecule has 1 atom stereocenters. The van der Waals surface area contributed by atoms with E-state index in [0.717, 1.165) is 11.3 Å². The third-order valence-corrected chi connectivity index (χ3v) is 1.97. The van der Waals surface area contributed by atoms with E-state index in [1.54, 1.807) is 0 Å². The quantitative estimate of drug-likeness (QED) is 0.756. The van der Waals surface area contributed by atoms with E-state index >= 15 is 0 Å². The standard InChI is InChI=1S/C11H16O3/c1-8-3-4-11(9(2)5-8)14-7-10(13)6-12/h3-5,10,12-13H,6-7H2,1-2H3/t10-/m1/s1. The first kappa shape index (κ1) is 11.0. The fourth-order valence-electron chi connectivity index (χ4n) is 1.20. The van der Waals surface area contributed by atoms with Gasteiger partial charge in [-0.25, -0.2) is 0 Å². The molecule has 0 heterocycles. The van der Waals surface area contributed by atoms with Gasteiger partial charge in [0.1, 0.15) is 18.5 Å². The Labute approximate surface area is 84.0 Å². The first-order chi connectivity index (χ1) is 6.63. The molecule has 0 spiro atoms. The molecule has 1 rings (SSSR count). The zero-order valence-electron chi connectivity index (χ0n) is 8.53. The molecule has 0 saturated heterocycles. The summed E-state index contributed by atoms with van der Waals surface area (Å²) >= 11 is 0. The predicted octanol–water partition coefficient (Wildman–Crippen LogP) is 1.04. The summed E-state index contributed by atoms with van der Waals surface area (Å²) in [4.78, 5) is 0. The second kappa shape index (κ2) is 4.98. The van der Waals surface area contributed by atoms with Gasteiger partial charge in [-0.3, -0.25) is 0 Å². The van der Waals surface area contributed by atoms with Crippen LogP contribution in [0, 0.1) is 13.8 Å². The molecule has 2 N–H and O–H groups in total. The van der Waals surface area contributed by atoms with E-state index in [4.69, 9.17) is 14.9 Å². The van der Waals surface area contributed by atoms with Crippen molar-refractivity contribution in [3.05, 3.63) is 29.3 Å². The summed E-state index contributed by atoms with van der Waals surface area (Å²) in [6.45, 7) is 3.82. The topological polar surface area (TPSA) is 49.7 Å². The zero-order chi connectivity index (χ0) is 10.6. The summed E-state index contributed by atoms with van der Waals surface area (Å²) in [7, 11) is 0. The molecule has 0 bridgehead atoms. The Morgan fingerprint density at radius 3 is 2.64 bits per heavy atom. The van der Waals surface area contributed by atoms with Crippen molar-refractivity contribution in [1.82, 2.24) is 0 Å². The van der Waals surface area contributed by atoms with Crippen LogP contribution in [0.2, 0.25) is 0 Å². The SMILES string of the molecule is Cc1ccc(OC[C@H](O)CO)c(C)c1. The summed E-state index contributed by atoms with van der Waals surface area (Å²) in [6, 6.07) is 5.84. The normalized spacial score (nSPS) is 12.6. The van der Waals surface area contributed by atoms with Gasteiger partial charge < -0.3 is 14.9 Å². The summed E-state index contributed by atoms with van der Waals surface area (Å²) in [5.74, 6) is 0.753. The molecular weight excluding hydrogens is 180 g/mol. The molecule has 0 aliphatic rings. The Morgan fingerprint density at radius 1 is 1.36 bits per heavy atom. The predicted molar refractivity (Wildman–Crippen MR) is 54.5 cm³/mol. The maximum Gasteiger partial charge on any atom is 0.122 e. The lowest BCUT2D eigenvalue weighted by Crippen LogP contribution is -2.21. The molecule has 0 saturated carbocycles. The largest absolute Gasteiger partial charge is 0.491 e. The molecule has 1 aromatic carbocycles. The molecule has 0 unspecified atom stereocenters. The van der Waals surface area contributed by atoms with Crippen LogP contribution in [0.4, 0.5) is 0 Å². The fourth-order valence-corrected chi connectivity index (χ4v) is 1.20. The number of rotatable bonds is 4. The smallest absolute Gasteiger partial charge is 0.122 e. The third kappa shape index (κ3) is 3.01. The minimum absolute atomic E-state index is 0.125. The Balaban J connectivity index is 2.59. The second-order valence-corrected chi connectivity index (χ2v) is 3.42. The second-order valence-electron chi connectivity index (χ2n) is 3.42. The van der Waals surface area contributed by atoms with Crippen molar-refractivity contribution in [2.75, 3.05) is 13.2 Å². The Morgan fingerprint density at radius 2 is 2.07 bits per heavy atom. The Bertz CT molecular complexity index is 297. The molecule has 78 valence electrons. The van der Waals surface area contributed by atoms with Gasteiger partial charge >= 0.3 is 0 Å². The number of aliphatic hydroxyl groups excluding tert-OH is 2. The number of benzene rings is 1. The highest BCUT2D eigenvalue weighted by Gasteiger charge is 2.04. The highest BCUT2D eigenvalue weighted by atomic mass is 16.5. The van der Waals surface area contributed by atoms with Crippen molar-refractivity contribution in [3.8, 4) is 5.75 Å². The number of hydrogen-bond donors (Lipinski definition) is 2. The van der Waals surface area contributed by atoms with Crippen molar-refractivity contribution in [2.45, 2.75) is 20.0 Å². The number of hydrogen-bond acceptors (Lipinski definition) is 3. The maximum atomic E-state index is 9.09. The van der Waals surface area contributed by atoms with Crippen LogP contribution in [0.1, 0.15) is 11.1 Å². The summed E-state index contributed by atoms with van der Waals surface area (Å²) in [5.41, 5.74) is 2.22. The average Bonchev–Trinajstić information content (AvgIpc) is 2.16. The van der Waals surface area contributed by atoms with E-state index in [9.17, 15) is 0 Å². The molecule has 14 heavy (non-hydrogen) atoms. The lowest BCUT2D eigenvalue weighted by molar-refractivity contribution is 0.0534. The van der Waals surface area contributed by atoms with Crippen LogP contribution in [0.25, 0.3) is 0 Å². The summed E-state index contributed by atoms with van der Waals surface area (Å²) in [6.07, 6.45) is -0.810. The minimum atomic E-state index is -0.810. The van der Waals surface area contributed by atoms with Crippen molar-refractivity contribution >= 4 is 0 Å². The lowest BCUT2D eigenvalue weighted by atomic mass is 10.1. The minimum Gasteiger partial charge on any atom is -0.491 e. The molecule has 0 amide bonds. The molecule has 1 aromatic rings. The third-order valence-electron chi connectivity index (χ3n) is 1.97. The van der Waals surface area contributed by atoms with Gasteiger partial charge in [0.25, 0.3) is 0 Å². The molecule has 3 heteroatoms. The van der Waals surface area contributed by atoms with E-state index in [-0.39, 0.29) is 13.2 Å². The van der Waals surface area contributed by atoms with Crippen molar-refractivity contribution in [1.29, 1.82) is 0 Å². The average molecular weight is 196 g/mol. The van der Waals surface area contributed by atoms with Gasteiger partial charge in [-0.05, 0) is 25.5 Å². The van der Waals surface area contributed by atoms with Crippen molar-refractivity contribution in [2.24, 2.45) is 0 Å². The van der Waals surface area contributed by atoms with Gasteiger partial charge in [0.2, 0.25) is 0 Å². The van der Waals surface area contributed by atoms with Crippen molar-refractivity contribution < 1.29 is 14.9 Å².